The van der Waals surface area contributed by atoms with E-state index in [1.807, 2.05) is 30.3 Å². The molecule has 0 bridgehead atoms. The van der Waals surface area contributed by atoms with Crippen molar-refractivity contribution in [2.45, 2.75) is 45.1 Å². The Morgan fingerprint density at radius 1 is 1.38 bits per heavy atom. The number of amides is 1. The van der Waals surface area contributed by atoms with Gasteiger partial charge in [0.2, 0.25) is 0 Å². The summed E-state index contributed by atoms with van der Waals surface area (Å²) in [5, 5.41) is 1.43. The van der Waals surface area contributed by atoms with E-state index < -0.39 is 12.1 Å². The fourth-order valence-electron chi connectivity index (χ4n) is 3.15. The molecule has 6 nitrogen and oxygen atoms in total. The van der Waals surface area contributed by atoms with E-state index >= 15 is 0 Å². The lowest BCUT2D eigenvalue weighted by atomic mass is 10.0. The largest absolute Gasteiger partial charge is 0.366 e. The number of hydrazine groups is 1. The van der Waals surface area contributed by atoms with Gasteiger partial charge in [-0.2, -0.15) is 0 Å². The van der Waals surface area contributed by atoms with Gasteiger partial charge < -0.3 is 9.47 Å². The fraction of sp³-hybridized carbons (Fsp3) is 0.556. The lowest BCUT2D eigenvalue weighted by molar-refractivity contribution is -0.152. The Bertz CT molecular complexity index is 590. The lowest BCUT2D eigenvalue weighted by Crippen LogP contribution is -2.51. The standard InChI is InChI=1S/C18H24N2O4/c1-12(2)8-15(23-10-13-6-4-3-5-7-13)18(22)20-17-14(21)11-24-16(17)9-19-20/h3-7,12,15-17,19H,8-11H2,1-2H3/t15-,16+,17+/m0/s1. The molecule has 24 heavy (non-hydrogen) atoms. The van der Waals surface area contributed by atoms with Crippen molar-refractivity contribution in [2.75, 3.05) is 13.2 Å². The number of carbonyl (C=O) groups excluding carboxylic acids is 2. The summed E-state index contributed by atoms with van der Waals surface area (Å²) in [6, 6.07) is 9.25. The minimum atomic E-state index is -0.579. The monoisotopic (exact) mass is 332 g/mol. The van der Waals surface area contributed by atoms with Gasteiger partial charge in [-0.25, -0.2) is 5.43 Å². The molecule has 0 aromatic heterocycles. The molecule has 3 rings (SSSR count). The van der Waals surface area contributed by atoms with Crippen LogP contribution in [0.4, 0.5) is 0 Å². The first-order valence-corrected chi connectivity index (χ1v) is 8.42. The Labute approximate surface area is 142 Å². The van der Waals surface area contributed by atoms with Gasteiger partial charge in [0.15, 0.2) is 5.78 Å². The molecule has 6 heteroatoms. The minimum Gasteiger partial charge on any atom is -0.366 e. The van der Waals surface area contributed by atoms with Crippen LogP contribution < -0.4 is 5.43 Å². The van der Waals surface area contributed by atoms with Crippen molar-refractivity contribution in [2.24, 2.45) is 5.92 Å². The van der Waals surface area contributed by atoms with Gasteiger partial charge in [-0.1, -0.05) is 44.2 Å². The van der Waals surface area contributed by atoms with Crippen molar-refractivity contribution >= 4 is 11.7 Å². The van der Waals surface area contributed by atoms with Gasteiger partial charge in [0.1, 0.15) is 24.9 Å². The summed E-state index contributed by atoms with van der Waals surface area (Å²) in [5.74, 6) is 0.0688. The number of Topliss-reactive ketones (excluding diaryl/α,β-unsaturated/α-hetero) is 1. The van der Waals surface area contributed by atoms with E-state index in [2.05, 4.69) is 19.3 Å². The Morgan fingerprint density at radius 2 is 2.12 bits per heavy atom. The van der Waals surface area contributed by atoms with Gasteiger partial charge >= 0.3 is 0 Å². The Balaban J connectivity index is 1.68. The maximum atomic E-state index is 12.9. The average molecular weight is 332 g/mol. The summed E-state index contributed by atoms with van der Waals surface area (Å²) in [6.07, 6.45) is -0.212. The number of nitrogens with one attached hydrogen (secondary N) is 1. The molecule has 2 fully saturated rings. The zero-order valence-electron chi connectivity index (χ0n) is 14.1. The second kappa shape index (κ2) is 7.42. The molecule has 1 aromatic carbocycles. The fourth-order valence-corrected chi connectivity index (χ4v) is 3.15. The predicted octanol–water partition coefficient (Wildman–Crippen LogP) is 1.30. The Kier molecular flexibility index (Phi) is 5.28. The molecule has 0 radical (unpaired) electrons. The number of hydrogen-bond donors (Lipinski definition) is 1. The van der Waals surface area contributed by atoms with Crippen LogP contribution in [0.5, 0.6) is 0 Å². The highest BCUT2D eigenvalue weighted by atomic mass is 16.5. The van der Waals surface area contributed by atoms with Gasteiger partial charge in [-0.15, -0.1) is 0 Å². The first-order valence-electron chi connectivity index (χ1n) is 8.42. The van der Waals surface area contributed by atoms with Crippen LogP contribution in [0.15, 0.2) is 30.3 Å². The molecule has 130 valence electrons. The number of carbonyl (C=O) groups is 2. The van der Waals surface area contributed by atoms with Crippen molar-refractivity contribution < 1.29 is 19.1 Å². The Morgan fingerprint density at radius 3 is 2.83 bits per heavy atom. The van der Waals surface area contributed by atoms with E-state index in [1.54, 1.807) is 0 Å². The lowest BCUT2D eigenvalue weighted by Gasteiger charge is -2.27. The van der Waals surface area contributed by atoms with Crippen LogP contribution in [0, 0.1) is 5.92 Å². The van der Waals surface area contributed by atoms with Crippen molar-refractivity contribution in [1.82, 2.24) is 10.4 Å². The third kappa shape index (κ3) is 3.66. The molecule has 3 atom stereocenters. The summed E-state index contributed by atoms with van der Waals surface area (Å²) in [4.78, 5) is 24.9. The third-order valence-corrected chi connectivity index (χ3v) is 4.36. The smallest absolute Gasteiger partial charge is 0.266 e. The van der Waals surface area contributed by atoms with Crippen molar-refractivity contribution in [3.63, 3.8) is 0 Å². The number of ketones is 1. The van der Waals surface area contributed by atoms with Crippen LogP contribution >= 0.6 is 0 Å². The molecule has 2 saturated heterocycles. The molecule has 0 spiro atoms. The van der Waals surface area contributed by atoms with Crippen LogP contribution in [-0.2, 0) is 25.7 Å². The summed E-state index contributed by atoms with van der Waals surface area (Å²) >= 11 is 0. The normalized spacial score (nSPS) is 24.5. The van der Waals surface area contributed by atoms with Crippen molar-refractivity contribution in [1.29, 1.82) is 0 Å². The average Bonchev–Trinajstić information content (AvgIpc) is 3.15. The molecule has 2 heterocycles. The molecule has 0 saturated carbocycles. The maximum Gasteiger partial charge on any atom is 0.266 e. The van der Waals surface area contributed by atoms with Crippen LogP contribution in [0.2, 0.25) is 0 Å². The molecule has 0 unspecified atom stereocenters. The highest BCUT2D eigenvalue weighted by Gasteiger charge is 2.48. The van der Waals surface area contributed by atoms with Gasteiger partial charge in [-0.05, 0) is 17.9 Å². The predicted molar refractivity (Wildman–Crippen MR) is 87.9 cm³/mol. The molecular formula is C18H24N2O4. The van der Waals surface area contributed by atoms with E-state index in [0.717, 1.165) is 5.56 Å². The SMILES string of the molecule is CC(C)C[C@H](OCc1ccccc1)C(=O)N1NC[C@H]2OCC(=O)[C@H]21. The van der Waals surface area contributed by atoms with Crippen LogP contribution in [0.1, 0.15) is 25.8 Å². The topological polar surface area (TPSA) is 67.9 Å². The molecule has 2 aliphatic heterocycles. The molecule has 0 aliphatic carbocycles. The van der Waals surface area contributed by atoms with Crippen LogP contribution in [0.25, 0.3) is 0 Å². The molecular weight excluding hydrogens is 308 g/mol. The molecule has 1 aromatic rings. The van der Waals surface area contributed by atoms with Gasteiger partial charge in [0.25, 0.3) is 5.91 Å². The highest BCUT2D eigenvalue weighted by Crippen LogP contribution is 2.23. The first kappa shape index (κ1) is 17.1. The van der Waals surface area contributed by atoms with Gasteiger partial charge in [0.05, 0.1) is 6.61 Å². The number of hydrogen-bond acceptors (Lipinski definition) is 5. The number of fused-ring (bicyclic) bond motifs is 1. The first-order chi connectivity index (χ1) is 11.6. The van der Waals surface area contributed by atoms with E-state index in [4.69, 9.17) is 9.47 Å². The molecule has 2 aliphatic rings. The number of ether oxygens (including phenoxy) is 2. The zero-order chi connectivity index (χ0) is 17.1. The van der Waals surface area contributed by atoms with E-state index in [9.17, 15) is 9.59 Å². The second-order valence-electron chi connectivity index (χ2n) is 6.75. The van der Waals surface area contributed by atoms with Crippen LogP contribution in [-0.4, -0.2) is 48.1 Å². The number of rotatable bonds is 6. The maximum absolute atomic E-state index is 12.9. The van der Waals surface area contributed by atoms with Crippen molar-refractivity contribution in [3.8, 4) is 0 Å². The highest BCUT2D eigenvalue weighted by molar-refractivity contribution is 5.93. The quantitative estimate of drug-likeness (QED) is 0.850. The molecule has 1 amide bonds. The van der Waals surface area contributed by atoms with Gasteiger partial charge in [-0.3, -0.25) is 14.6 Å². The van der Waals surface area contributed by atoms with E-state index in [-0.39, 0.29) is 24.4 Å². The third-order valence-electron chi connectivity index (χ3n) is 4.36. The summed E-state index contributed by atoms with van der Waals surface area (Å²) in [7, 11) is 0. The minimum absolute atomic E-state index is 0.0512. The van der Waals surface area contributed by atoms with Crippen molar-refractivity contribution in [3.05, 3.63) is 35.9 Å². The summed E-state index contributed by atoms with van der Waals surface area (Å²) in [5.41, 5.74) is 4.02. The Hall–Kier alpha value is -1.76. The van der Waals surface area contributed by atoms with Gasteiger partial charge in [0, 0.05) is 6.54 Å². The number of nitrogens with zero attached hydrogens (tertiary/aromatic N) is 1. The summed E-state index contributed by atoms with van der Waals surface area (Å²) < 4.78 is 11.3. The molecule has 1 N–H and O–H groups in total. The second-order valence-corrected chi connectivity index (χ2v) is 6.75. The van der Waals surface area contributed by atoms with E-state index in [0.29, 0.717) is 25.5 Å². The van der Waals surface area contributed by atoms with E-state index in [1.165, 1.54) is 5.01 Å². The number of benzene rings is 1. The zero-order valence-corrected chi connectivity index (χ0v) is 14.1. The van der Waals surface area contributed by atoms with Crippen LogP contribution in [0.3, 0.4) is 0 Å². The summed E-state index contributed by atoms with van der Waals surface area (Å²) in [6.45, 7) is 5.04.